The van der Waals surface area contributed by atoms with Gasteiger partial charge < -0.3 is 37.6 Å². The zero-order valence-corrected chi connectivity index (χ0v) is 19.2. The standard InChI is InChI=1S/C22H31N5O8/c1-12(22(34)35)25-21(33)16(11-13-5-3-2-4-6-13)27-20(32)15(8-9-17(24)28)26-19(31)14(23)7-10-18(29)30/h2-6,12,14-16H,7-11,23H2,1H3,(H2,24,28)(H,25,33)(H,26,31)(H,27,32)(H,29,30)(H,34,35). The number of primary amides is 1. The van der Waals surface area contributed by atoms with E-state index in [9.17, 15) is 28.8 Å². The van der Waals surface area contributed by atoms with Crippen LogP contribution in [0, 0.1) is 0 Å². The first kappa shape index (κ1) is 29.0. The number of carboxylic acids is 2. The Kier molecular flexibility index (Phi) is 11.9. The molecule has 0 radical (unpaired) electrons. The molecule has 0 bridgehead atoms. The first-order chi connectivity index (χ1) is 16.4. The second-order valence-electron chi connectivity index (χ2n) is 7.92. The first-order valence-electron chi connectivity index (χ1n) is 10.8. The van der Waals surface area contributed by atoms with E-state index < -0.39 is 59.7 Å². The second-order valence-corrected chi connectivity index (χ2v) is 7.92. The average Bonchev–Trinajstić information content (AvgIpc) is 2.79. The predicted molar refractivity (Wildman–Crippen MR) is 123 cm³/mol. The van der Waals surface area contributed by atoms with Gasteiger partial charge in [-0.2, -0.15) is 0 Å². The fourth-order valence-corrected chi connectivity index (χ4v) is 2.95. The molecule has 4 atom stereocenters. The highest BCUT2D eigenvalue weighted by Crippen LogP contribution is 2.07. The summed E-state index contributed by atoms with van der Waals surface area (Å²) in [6, 6.07) is 3.65. The van der Waals surface area contributed by atoms with Gasteiger partial charge in [-0.3, -0.25) is 28.8 Å². The molecule has 9 N–H and O–H groups in total. The van der Waals surface area contributed by atoms with E-state index in [-0.39, 0.29) is 32.1 Å². The van der Waals surface area contributed by atoms with Crippen molar-refractivity contribution in [2.45, 2.75) is 63.2 Å². The van der Waals surface area contributed by atoms with E-state index in [1.807, 2.05) is 0 Å². The highest BCUT2D eigenvalue weighted by Gasteiger charge is 2.30. The number of amides is 4. The molecule has 0 aliphatic carbocycles. The van der Waals surface area contributed by atoms with Crippen LogP contribution in [-0.4, -0.2) is 69.9 Å². The lowest BCUT2D eigenvalue weighted by molar-refractivity contribution is -0.142. The average molecular weight is 494 g/mol. The summed E-state index contributed by atoms with van der Waals surface area (Å²) >= 11 is 0. The molecule has 0 aliphatic rings. The summed E-state index contributed by atoms with van der Waals surface area (Å²) in [5, 5.41) is 25.0. The van der Waals surface area contributed by atoms with Crippen LogP contribution in [0.4, 0.5) is 0 Å². The Balaban J connectivity index is 3.04. The Labute approximate surface area is 201 Å². The van der Waals surface area contributed by atoms with E-state index in [4.69, 9.17) is 21.7 Å². The summed E-state index contributed by atoms with van der Waals surface area (Å²) in [5.74, 6) is -5.58. The molecule has 0 saturated heterocycles. The molecule has 0 aliphatic heterocycles. The molecule has 1 rings (SSSR count). The van der Waals surface area contributed by atoms with E-state index >= 15 is 0 Å². The SMILES string of the molecule is CC(NC(=O)C(Cc1ccccc1)NC(=O)C(CCC(N)=O)NC(=O)C(N)CCC(=O)O)C(=O)O. The minimum absolute atomic E-state index is 0.0133. The quantitative estimate of drug-likeness (QED) is 0.146. The molecule has 35 heavy (non-hydrogen) atoms. The van der Waals surface area contributed by atoms with Gasteiger partial charge in [-0.15, -0.1) is 0 Å². The van der Waals surface area contributed by atoms with Crippen LogP contribution in [0.3, 0.4) is 0 Å². The number of aliphatic carboxylic acids is 2. The molecule has 13 nitrogen and oxygen atoms in total. The third-order valence-electron chi connectivity index (χ3n) is 4.96. The first-order valence-corrected chi connectivity index (χ1v) is 10.8. The van der Waals surface area contributed by atoms with Crippen molar-refractivity contribution in [2.24, 2.45) is 11.5 Å². The molecular formula is C22H31N5O8. The maximum atomic E-state index is 13.0. The number of nitrogens with one attached hydrogen (secondary N) is 3. The molecule has 0 saturated carbocycles. The molecule has 0 heterocycles. The summed E-state index contributed by atoms with van der Waals surface area (Å²) in [7, 11) is 0. The van der Waals surface area contributed by atoms with Crippen LogP contribution in [0.1, 0.15) is 38.2 Å². The van der Waals surface area contributed by atoms with Crippen LogP contribution < -0.4 is 27.4 Å². The molecule has 0 spiro atoms. The number of carboxylic acid groups (broad SMARTS) is 2. The van der Waals surface area contributed by atoms with E-state index in [1.165, 1.54) is 6.92 Å². The number of hydrogen-bond donors (Lipinski definition) is 7. The van der Waals surface area contributed by atoms with Crippen molar-refractivity contribution in [1.29, 1.82) is 0 Å². The number of benzene rings is 1. The van der Waals surface area contributed by atoms with Gasteiger partial charge in [-0.05, 0) is 25.3 Å². The molecule has 1 aromatic rings. The van der Waals surface area contributed by atoms with E-state index in [1.54, 1.807) is 30.3 Å². The molecule has 192 valence electrons. The van der Waals surface area contributed by atoms with Gasteiger partial charge in [-0.25, -0.2) is 0 Å². The van der Waals surface area contributed by atoms with Crippen molar-refractivity contribution in [3.63, 3.8) is 0 Å². The lowest BCUT2D eigenvalue weighted by atomic mass is 10.0. The molecular weight excluding hydrogens is 462 g/mol. The van der Waals surface area contributed by atoms with Gasteiger partial charge in [0.15, 0.2) is 0 Å². The summed E-state index contributed by atoms with van der Waals surface area (Å²) in [6.07, 6.45) is -1.01. The molecule has 1 aromatic carbocycles. The van der Waals surface area contributed by atoms with Crippen LogP contribution in [0.15, 0.2) is 30.3 Å². The number of rotatable bonds is 15. The van der Waals surface area contributed by atoms with Crippen LogP contribution in [-0.2, 0) is 35.2 Å². The third kappa shape index (κ3) is 11.1. The number of hydrogen-bond acceptors (Lipinski definition) is 7. The molecule has 0 aromatic heterocycles. The Bertz CT molecular complexity index is 924. The third-order valence-corrected chi connectivity index (χ3v) is 4.96. The molecule has 0 fully saturated rings. The summed E-state index contributed by atoms with van der Waals surface area (Å²) in [5.41, 5.74) is 11.5. The Hall–Kier alpha value is -4.00. The van der Waals surface area contributed by atoms with Crippen molar-refractivity contribution >= 4 is 35.6 Å². The zero-order chi connectivity index (χ0) is 26.5. The minimum atomic E-state index is -1.31. The number of carbonyl (C=O) groups excluding carboxylic acids is 4. The molecule has 13 heteroatoms. The second kappa shape index (κ2) is 14.3. The summed E-state index contributed by atoms with van der Waals surface area (Å²) in [6.45, 7) is 1.26. The van der Waals surface area contributed by atoms with Gasteiger partial charge in [0.2, 0.25) is 23.6 Å². The van der Waals surface area contributed by atoms with Gasteiger partial charge in [0.1, 0.15) is 18.1 Å². The highest BCUT2D eigenvalue weighted by molar-refractivity contribution is 5.94. The van der Waals surface area contributed by atoms with E-state index in [0.717, 1.165) is 0 Å². The smallest absolute Gasteiger partial charge is 0.325 e. The normalized spacial score (nSPS) is 14.0. The predicted octanol–water partition coefficient (Wildman–Crippen LogP) is -1.75. The van der Waals surface area contributed by atoms with Gasteiger partial charge in [0.05, 0.1) is 6.04 Å². The maximum Gasteiger partial charge on any atom is 0.325 e. The zero-order valence-electron chi connectivity index (χ0n) is 19.2. The van der Waals surface area contributed by atoms with Crippen molar-refractivity contribution < 1.29 is 39.0 Å². The summed E-state index contributed by atoms with van der Waals surface area (Å²) < 4.78 is 0. The summed E-state index contributed by atoms with van der Waals surface area (Å²) in [4.78, 5) is 71.2. The van der Waals surface area contributed by atoms with Crippen LogP contribution in [0.5, 0.6) is 0 Å². The monoisotopic (exact) mass is 493 g/mol. The lowest BCUT2D eigenvalue weighted by Gasteiger charge is -2.24. The number of nitrogens with two attached hydrogens (primary N) is 2. The van der Waals surface area contributed by atoms with Gasteiger partial charge >= 0.3 is 11.9 Å². The van der Waals surface area contributed by atoms with Crippen molar-refractivity contribution in [3.8, 4) is 0 Å². The van der Waals surface area contributed by atoms with Crippen molar-refractivity contribution in [3.05, 3.63) is 35.9 Å². The van der Waals surface area contributed by atoms with Gasteiger partial charge in [-0.1, -0.05) is 30.3 Å². The molecule has 4 amide bonds. The van der Waals surface area contributed by atoms with Crippen LogP contribution in [0.2, 0.25) is 0 Å². The lowest BCUT2D eigenvalue weighted by Crippen LogP contribution is -2.57. The maximum absolute atomic E-state index is 13.0. The van der Waals surface area contributed by atoms with Crippen molar-refractivity contribution in [2.75, 3.05) is 0 Å². The number of carbonyl (C=O) groups is 6. The minimum Gasteiger partial charge on any atom is -0.481 e. The van der Waals surface area contributed by atoms with Crippen molar-refractivity contribution in [1.82, 2.24) is 16.0 Å². The van der Waals surface area contributed by atoms with Crippen LogP contribution >= 0.6 is 0 Å². The highest BCUT2D eigenvalue weighted by atomic mass is 16.4. The largest absolute Gasteiger partial charge is 0.481 e. The van der Waals surface area contributed by atoms with E-state index in [2.05, 4.69) is 16.0 Å². The Morgan fingerprint density at radius 2 is 1.40 bits per heavy atom. The Morgan fingerprint density at radius 1 is 0.829 bits per heavy atom. The Morgan fingerprint density at radius 3 is 1.94 bits per heavy atom. The topological polar surface area (TPSA) is 231 Å². The molecule has 4 unspecified atom stereocenters. The fraction of sp³-hybridized carbons (Fsp3) is 0.455. The van der Waals surface area contributed by atoms with Gasteiger partial charge in [0.25, 0.3) is 0 Å². The fourth-order valence-electron chi connectivity index (χ4n) is 2.95. The van der Waals surface area contributed by atoms with E-state index in [0.29, 0.717) is 5.56 Å². The van der Waals surface area contributed by atoms with Crippen LogP contribution in [0.25, 0.3) is 0 Å². The van der Waals surface area contributed by atoms with Gasteiger partial charge in [0, 0.05) is 19.3 Å².